The number of rotatable bonds is 9. The van der Waals surface area contributed by atoms with E-state index in [4.69, 9.17) is 14.2 Å². The number of nitrogens with zero attached hydrogens (tertiary/aromatic N) is 3. The summed E-state index contributed by atoms with van der Waals surface area (Å²) in [5.74, 6) is 0.557. The van der Waals surface area contributed by atoms with E-state index in [0.717, 1.165) is 5.56 Å². The van der Waals surface area contributed by atoms with Crippen molar-refractivity contribution in [2.75, 3.05) is 59.1 Å². The van der Waals surface area contributed by atoms with Gasteiger partial charge in [-0.2, -0.15) is 0 Å². The average molecular weight is 510 g/mol. The van der Waals surface area contributed by atoms with E-state index >= 15 is 0 Å². The molecule has 37 heavy (non-hydrogen) atoms. The molecular formula is C28H35N3O6. The van der Waals surface area contributed by atoms with Gasteiger partial charge >= 0.3 is 0 Å². The van der Waals surface area contributed by atoms with Crippen LogP contribution >= 0.6 is 0 Å². The Morgan fingerprint density at radius 3 is 2.46 bits per heavy atom. The number of fused-ring (bicyclic) bond motifs is 1. The molecule has 0 saturated carbocycles. The first-order chi connectivity index (χ1) is 18.0. The fourth-order valence-corrected chi connectivity index (χ4v) is 4.58. The molecule has 1 unspecified atom stereocenters. The van der Waals surface area contributed by atoms with Gasteiger partial charge in [0, 0.05) is 38.3 Å². The Bertz CT molecular complexity index is 1090. The van der Waals surface area contributed by atoms with Gasteiger partial charge in [0.1, 0.15) is 26.4 Å². The summed E-state index contributed by atoms with van der Waals surface area (Å²) in [7, 11) is 0. The van der Waals surface area contributed by atoms with Crippen molar-refractivity contribution in [1.82, 2.24) is 14.7 Å². The number of carbonyl (C=O) groups is 3. The normalized spacial score (nSPS) is 17.4. The summed E-state index contributed by atoms with van der Waals surface area (Å²) >= 11 is 0. The molecule has 2 aliphatic heterocycles. The zero-order valence-corrected chi connectivity index (χ0v) is 21.6. The Kier molecular flexibility index (Phi) is 9.00. The molecule has 1 atom stereocenters. The molecule has 198 valence electrons. The Balaban J connectivity index is 1.50. The maximum absolute atomic E-state index is 13.5. The van der Waals surface area contributed by atoms with Crippen molar-refractivity contribution < 1.29 is 28.6 Å². The molecule has 9 nitrogen and oxygen atoms in total. The second-order valence-corrected chi connectivity index (χ2v) is 9.12. The highest BCUT2D eigenvalue weighted by atomic mass is 16.6. The van der Waals surface area contributed by atoms with E-state index in [1.165, 1.54) is 4.90 Å². The van der Waals surface area contributed by atoms with Crippen molar-refractivity contribution in [2.45, 2.75) is 26.4 Å². The molecule has 9 heteroatoms. The van der Waals surface area contributed by atoms with Gasteiger partial charge in [0.05, 0.1) is 6.10 Å². The zero-order chi connectivity index (χ0) is 26.2. The zero-order valence-electron chi connectivity index (χ0n) is 21.6. The quantitative estimate of drug-likeness (QED) is 0.515. The van der Waals surface area contributed by atoms with E-state index in [2.05, 4.69) is 0 Å². The van der Waals surface area contributed by atoms with Gasteiger partial charge in [0.2, 0.25) is 11.8 Å². The second-order valence-electron chi connectivity index (χ2n) is 9.12. The number of amides is 3. The fraction of sp³-hybridized carbons (Fsp3) is 0.464. The van der Waals surface area contributed by atoms with Crippen LogP contribution in [0.1, 0.15) is 29.8 Å². The van der Waals surface area contributed by atoms with Crippen LogP contribution < -0.4 is 9.47 Å². The molecule has 0 bridgehead atoms. The monoisotopic (exact) mass is 509 g/mol. The first kappa shape index (κ1) is 26.5. The van der Waals surface area contributed by atoms with Crippen LogP contribution in [-0.4, -0.2) is 97.6 Å². The molecule has 0 aromatic heterocycles. The van der Waals surface area contributed by atoms with Crippen LogP contribution in [0.25, 0.3) is 0 Å². The second kappa shape index (κ2) is 12.6. The lowest BCUT2D eigenvalue weighted by molar-refractivity contribution is -0.138. The van der Waals surface area contributed by atoms with Gasteiger partial charge in [-0.25, -0.2) is 0 Å². The summed E-state index contributed by atoms with van der Waals surface area (Å²) in [5, 5.41) is 0. The van der Waals surface area contributed by atoms with Crippen LogP contribution in [0.2, 0.25) is 0 Å². The average Bonchev–Trinajstić information content (AvgIpc) is 3.09. The van der Waals surface area contributed by atoms with Gasteiger partial charge in [-0.1, -0.05) is 30.3 Å². The van der Waals surface area contributed by atoms with Crippen LogP contribution in [0, 0.1) is 0 Å². The maximum Gasteiger partial charge on any atom is 0.254 e. The highest BCUT2D eigenvalue weighted by Crippen LogP contribution is 2.31. The lowest BCUT2D eigenvalue weighted by Crippen LogP contribution is -2.41. The molecule has 0 N–H and O–H groups in total. The van der Waals surface area contributed by atoms with Crippen LogP contribution in [0.5, 0.6) is 11.5 Å². The standard InChI is InChI=1S/C28H35N3O6/c1-3-29(4-2)27(33)20-37-23-17-30(13-12-21-8-6-5-7-9-21)26(32)19-31(18-23)28(34)22-10-11-24-25(16-22)36-15-14-35-24/h5-11,16,23H,3-4,12-15,17-20H2,1-2H3. The summed E-state index contributed by atoms with van der Waals surface area (Å²) in [6, 6.07) is 15.0. The van der Waals surface area contributed by atoms with Gasteiger partial charge in [0.25, 0.3) is 5.91 Å². The first-order valence-electron chi connectivity index (χ1n) is 12.9. The molecule has 3 amide bonds. The van der Waals surface area contributed by atoms with E-state index in [0.29, 0.717) is 62.9 Å². The van der Waals surface area contributed by atoms with Crippen LogP contribution in [-0.2, 0) is 20.7 Å². The number of hydrogen-bond donors (Lipinski definition) is 0. The van der Waals surface area contributed by atoms with E-state index in [1.807, 2.05) is 44.2 Å². The SMILES string of the molecule is CCN(CC)C(=O)COC1CN(CCc2ccccc2)C(=O)CN(C(=O)c2ccc3c(c2)OCCO3)C1. The summed E-state index contributed by atoms with van der Waals surface area (Å²) in [6.07, 6.45) is 0.191. The summed E-state index contributed by atoms with van der Waals surface area (Å²) < 4.78 is 17.2. The highest BCUT2D eigenvalue weighted by molar-refractivity contribution is 5.97. The highest BCUT2D eigenvalue weighted by Gasteiger charge is 2.32. The van der Waals surface area contributed by atoms with E-state index in [-0.39, 0.29) is 37.4 Å². The molecule has 0 aliphatic carbocycles. The molecule has 0 spiro atoms. The molecule has 2 aliphatic rings. The number of benzene rings is 2. The Morgan fingerprint density at radius 1 is 1.00 bits per heavy atom. The minimum Gasteiger partial charge on any atom is -0.486 e. The van der Waals surface area contributed by atoms with Crippen LogP contribution in [0.4, 0.5) is 0 Å². The summed E-state index contributed by atoms with van der Waals surface area (Å²) in [4.78, 5) is 44.3. The number of ether oxygens (including phenoxy) is 3. The molecule has 4 rings (SSSR count). The molecule has 1 fully saturated rings. The lowest BCUT2D eigenvalue weighted by Gasteiger charge is -2.26. The predicted octanol–water partition coefficient (Wildman–Crippen LogP) is 2.24. The van der Waals surface area contributed by atoms with Gasteiger partial charge in [-0.15, -0.1) is 0 Å². The van der Waals surface area contributed by atoms with Crippen molar-refractivity contribution in [1.29, 1.82) is 0 Å². The van der Waals surface area contributed by atoms with Crippen molar-refractivity contribution >= 4 is 17.7 Å². The third-order valence-corrected chi connectivity index (χ3v) is 6.68. The first-order valence-corrected chi connectivity index (χ1v) is 12.9. The maximum atomic E-state index is 13.5. The lowest BCUT2D eigenvalue weighted by atomic mass is 10.1. The fourth-order valence-electron chi connectivity index (χ4n) is 4.58. The smallest absolute Gasteiger partial charge is 0.254 e. The molecular weight excluding hydrogens is 474 g/mol. The summed E-state index contributed by atoms with van der Waals surface area (Å²) in [5.41, 5.74) is 1.53. The Hall–Kier alpha value is -3.59. The minimum atomic E-state index is -0.497. The minimum absolute atomic E-state index is 0.0636. The van der Waals surface area contributed by atoms with Crippen molar-refractivity contribution in [3.8, 4) is 11.5 Å². The van der Waals surface area contributed by atoms with Crippen LogP contribution in [0.15, 0.2) is 48.5 Å². The largest absolute Gasteiger partial charge is 0.486 e. The number of likely N-dealkylation sites (N-methyl/N-ethyl adjacent to an activating group) is 1. The molecule has 2 heterocycles. The van der Waals surface area contributed by atoms with Crippen molar-refractivity contribution in [3.05, 3.63) is 59.7 Å². The Morgan fingerprint density at radius 2 is 1.73 bits per heavy atom. The third-order valence-electron chi connectivity index (χ3n) is 6.68. The van der Waals surface area contributed by atoms with Gasteiger partial charge in [0.15, 0.2) is 11.5 Å². The van der Waals surface area contributed by atoms with Gasteiger partial charge in [-0.3, -0.25) is 14.4 Å². The van der Waals surface area contributed by atoms with E-state index in [9.17, 15) is 14.4 Å². The molecule has 2 aromatic rings. The topological polar surface area (TPSA) is 88.6 Å². The molecule has 2 aromatic carbocycles. The van der Waals surface area contributed by atoms with Crippen LogP contribution in [0.3, 0.4) is 0 Å². The van der Waals surface area contributed by atoms with Gasteiger partial charge < -0.3 is 28.9 Å². The summed E-state index contributed by atoms with van der Waals surface area (Å²) in [6.45, 7) is 6.76. The van der Waals surface area contributed by atoms with E-state index < -0.39 is 6.10 Å². The number of hydrogen-bond acceptors (Lipinski definition) is 6. The number of carbonyl (C=O) groups excluding carboxylic acids is 3. The molecule has 0 radical (unpaired) electrons. The van der Waals surface area contributed by atoms with Crippen molar-refractivity contribution in [3.63, 3.8) is 0 Å². The third kappa shape index (κ3) is 6.80. The van der Waals surface area contributed by atoms with Gasteiger partial charge in [-0.05, 0) is 44.0 Å². The predicted molar refractivity (Wildman–Crippen MR) is 138 cm³/mol. The van der Waals surface area contributed by atoms with E-state index in [1.54, 1.807) is 28.0 Å². The molecule has 1 saturated heterocycles. The Labute approximate surface area is 217 Å². The van der Waals surface area contributed by atoms with Crippen molar-refractivity contribution in [2.24, 2.45) is 0 Å².